The summed E-state index contributed by atoms with van der Waals surface area (Å²) in [5.41, 5.74) is 1.28. The topological polar surface area (TPSA) is 33.7 Å². The molecule has 1 saturated heterocycles. The number of nitrogens with one attached hydrogen (secondary N) is 1. The van der Waals surface area contributed by atoms with Crippen molar-refractivity contribution in [2.45, 2.75) is 19.9 Å². The first kappa shape index (κ1) is 14.2. The van der Waals surface area contributed by atoms with Crippen molar-refractivity contribution in [3.8, 4) is 11.5 Å². The Morgan fingerprint density at radius 1 is 1.21 bits per heavy atom. The van der Waals surface area contributed by atoms with Gasteiger partial charge in [0.25, 0.3) is 0 Å². The van der Waals surface area contributed by atoms with Crippen molar-refractivity contribution in [3.05, 3.63) is 23.8 Å². The quantitative estimate of drug-likeness (QED) is 0.851. The molecule has 0 radical (unpaired) electrons. The van der Waals surface area contributed by atoms with Crippen molar-refractivity contribution in [3.63, 3.8) is 0 Å². The van der Waals surface area contributed by atoms with Gasteiger partial charge in [0.1, 0.15) is 0 Å². The molecule has 0 bridgehead atoms. The highest BCUT2D eigenvalue weighted by atomic mass is 16.5. The van der Waals surface area contributed by atoms with Crippen LogP contribution in [0.15, 0.2) is 18.2 Å². The Bertz CT molecular complexity index is 390. The highest BCUT2D eigenvalue weighted by Gasteiger charge is 2.11. The molecular formula is C15H24N2O2. The third kappa shape index (κ3) is 4.11. The summed E-state index contributed by atoms with van der Waals surface area (Å²) in [6, 6.07) is 6.24. The number of nitrogens with zero attached hydrogens (tertiary/aromatic N) is 1. The van der Waals surface area contributed by atoms with Gasteiger partial charge in [0.15, 0.2) is 11.5 Å². The fourth-order valence-corrected chi connectivity index (χ4v) is 2.27. The van der Waals surface area contributed by atoms with Gasteiger partial charge in [-0.2, -0.15) is 0 Å². The van der Waals surface area contributed by atoms with Gasteiger partial charge in [0.05, 0.1) is 13.7 Å². The van der Waals surface area contributed by atoms with Gasteiger partial charge in [0, 0.05) is 32.7 Å². The molecule has 1 aromatic rings. The highest BCUT2D eigenvalue weighted by Crippen LogP contribution is 2.28. The molecule has 0 aromatic heterocycles. The molecule has 1 N–H and O–H groups in total. The van der Waals surface area contributed by atoms with Gasteiger partial charge in [0.2, 0.25) is 0 Å². The van der Waals surface area contributed by atoms with Gasteiger partial charge < -0.3 is 14.8 Å². The molecule has 2 rings (SSSR count). The number of methoxy groups -OCH3 is 1. The van der Waals surface area contributed by atoms with E-state index in [-0.39, 0.29) is 0 Å². The minimum atomic E-state index is 0.730. The summed E-state index contributed by atoms with van der Waals surface area (Å²) in [5.74, 6) is 1.68. The SMILES string of the molecule is CCCOc1ccc(CN2CCNCC2)cc1OC. The molecule has 1 aliphatic heterocycles. The fraction of sp³-hybridized carbons (Fsp3) is 0.600. The van der Waals surface area contributed by atoms with Crippen molar-refractivity contribution in [1.29, 1.82) is 0 Å². The van der Waals surface area contributed by atoms with Crippen LogP contribution in [0.2, 0.25) is 0 Å². The van der Waals surface area contributed by atoms with Crippen molar-refractivity contribution in [1.82, 2.24) is 10.2 Å². The molecule has 4 nitrogen and oxygen atoms in total. The molecule has 0 unspecified atom stereocenters. The highest BCUT2D eigenvalue weighted by molar-refractivity contribution is 5.42. The van der Waals surface area contributed by atoms with E-state index in [0.717, 1.165) is 57.3 Å². The van der Waals surface area contributed by atoms with Crippen LogP contribution in [0.5, 0.6) is 11.5 Å². The van der Waals surface area contributed by atoms with E-state index in [0.29, 0.717) is 0 Å². The van der Waals surface area contributed by atoms with Crippen LogP contribution >= 0.6 is 0 Å². The van der Waals surface area contributed by atoms with Crippen LogP contribution in [0.4, 0.5) is 0 Å². The number of piperazine rings is 1. The van der Waals surface area contributed by atoms with Crippen molar-refractivity contribution in [2.24, 2.45) is 0 Å². The molecular weight excluding hydrogens is 240 g/mol. The fourth-order valence-electron chi connectivity index (χ4n) is 2.27. The number of hydrogen-bond acceptors (Lipinski definition) is 4. The monoisotopic (exact) mass is 264 g/mol. The molecule has 0 aliphatic carbocycles. The van der Waals surface area contributed by atoms with Gasteiger partial charge in [-0.25, -0.2) is 0 Å². The summed E-state index contributed by atoms with van der Waals surface area (Å²) in [6.45, 7) is 8.18. The van der Waals surface area contributed by atoms with Crippen LogP contribution in [0.1, 0.15) is 18.9 Å². The Kier molecular flexibility index (Phi) is 5.48. The first-order valence-corrected chi connectivity index (χ1v) is 7.06. The molecule has 1 aromatic carbocycles. The molecule has 0 amide bonds. The van der Waals surface area contributed by atoms with E-state index in [1.165, 1.54) is 5.56 Å². The van der Waals surface area contributed by atoms with E-state index < -0.39 is 0 Å². The molecule has 4 heteroatoms. The Morgan fingerprint density at radius 2 is 2.00 bits per heavy atom. The Balaban J connectivity index is 2.00. The molecule has 0 spiro atoms. The maximum absolute atomic E-state index is 5.67. The van der Waals surface area contributed by atoms with Crippen molar-refractivity contribution in [2.75, 3.05) is 39.9 Å². The van der Waals surface area contributed by atoms with Gasteiger partial charge in [-0.05, 0) is 24.1 Å². The summed E-state index contributed by atoms with van der Waals surface area (Å²) >= 11 is 0. The van der Waals surface area contributed by atoms with E-state index in [1.807, 2.05) is 6.07 Å². The van der Waals surface area contributed by atoms with Crippen molar-refractivity contribution >= 4 is 0 Å². The van der Waals surface area contributed by atoms with Crippen molar-refractivity contribution < 1.29 is 9.47 Å². The third-order valence-electron chi connectivity index (χ3n) is 3.31. The average molecular weight is 264 g/mol. The van der Waals surface area contributed by atoms with Crippen LogP contribution in [-0.4, -0.2) is 44.8 Å². The maximum Gasteiger partial charge on any atom is 0.161 e. The number of hydrogen-bond donors (Lipinski definition) is 1. The lowest BCUT2D eigenvalue weighted by Crippen LogP contribution is -2.42. The maximum atomic E-state index is 5.67. The summed E-state index contributed by atoms with van der Waals surface area (Å²) in [6.07, 6.45) is 1.01. The van der Waals surface area contributed by atoms with E-state index in [9.17, 15) is 0 Å². The van der Waals surface area contributed by atoms with E-state index in [4.69, 9.17) is 9.47 Å². The predicted octanol–water partition coefficient (Wildman–Crippen LogP) is 1.89. The standard InChI is InChI=1S/C15H24N2O2/c1-3-10-19-14-5-4-13(11-15(14)18-2)12-17-8-6-16-7-9-17/h4-5,11,16H,3,6-10,12H2,1-2H3. The largest absolute Gasteiger partial charge is 0.493 e. The van der Waals surface area contributed by atoms with Crippen LogP contribution in [0.25, 0.3) is 0 Å². The number of ether oxygens (including phenoxy) is 2. The van der Waals surface area contributed by atoms with Crippen LogP contribution in [0.3, 0.4) is 0 Å². The van der Waals surface area contributed by atoms with E-state index in [1.54, 1.807) is 7.11 Å². The smallest absolute Gasteiger partial charge is 0.161 e. The second-order valence-electron chi connectivity index (χ2n) is 4.86. The summed E-state index contributed by atoms with van der Waals surface area (Å²) in [7, 11) is 1.70. The second-order valence-corrected chi connectivity index (χ2v) is 4.86. The number of rotatable bonds is 6. The minimum Gasteiger partial charge on any atom is -0.493 e. The second kappa shape index (κ2) is 7.36. The molecule has 1 heterocycles. The summed E-state index contributed by atoms with van der Waals surface area (Å²) in [4.78, 5) is 2.46. The zero-order chi connectivity index (χ0) is 13.5. The molecule has 106 valence electrons. The minimum absolute atomic E-state index is 0.730. The molecule has 1 fully saturated rings. The van der Waals surface area contributed by atoms with E-state index >= 15 is 0 Å². The third-order valence-corrected chi connectivity index (χ3v) is 3.31. The average Bonchev–Trinajstić information content (AvgIpc) is 2.47. The molecule has 0 atom stereocenters. The zero-order valence-corrected chi connectivity index (χ0v) is 11.9. The van der Waals surface area contributed by atoms with Gasteiger partial charge in [-0.3, -0.25) is 4.90 Å². The van der Waals surface area contributed by atoms with Crippen LogP contribution < -0.4 is 14.8 Å². The lowest BCUT2D eigenvalue weighted by molar-refractivity contribution is 0.232. The Morgan fingerprint density at radius 3 is 2.68 bits per heavy atom. The van der Waals surface area contributed by atoms with E-state index in [2.05, 4.69) is 29.3 Å². The Labute approximate surface area is 115 Å². The van der Waals surface area contributed by atoms with Gasteiger partial charge in [-0.1, -0.05) is 13.0 Å². The predicted molar refractivity (Wildman–Crippen MR) is 76.9 cm³/mol. The molecule has 1 aliphatic rings. The Hall–Kier alpha value is -1.26. The first-order chi connectivity index (χ1) is 9.33. The lowest BCUT2D eigenvalue weighted by Gasteiger charge is -2.27. The number of benzene rings is 1. The van der Waals surface area contributed by atoms with Crippen LogP contribution in [0, 0.1) is 0 Å². The molecule has 0 saturated carbocycles. The molecule has 19 heavy (non-hydrogen) atoms. The zero-order valence-electron chi connectivity index (χ0n) is 11.9. The lowest BCUT2D eigenvalue weighted by atomic mass is 10.1. The summed E-state index contributed by atoms with van der Waals surface area (Å²) < 4.78 is 11.1. The first-order valence-electron chi connectivity index (χ1n) is 7.06. The van der Waals surface area contributed by atoms with Gasteiger partial charge >= 0.3 is 0 Å². The normalized spacial score (nSPS) is 16.3. The van der Waals surface area contributed by atoms with Gasteiger partial charge in [-0.15, -0.1) is 0 Å². The van der Waals surface area contributed by atoms with Crippen LogP contribution in [-0.2, 0) is 6.54 Å². The summed E-state index contributed by atoms with van der Waals surface area (Å²) in [5, 5.41) is 3.37.